The molecule has 0 bridgehead atoms. The van der Waals surface area contributed by atoms with E-state index in [9.17, 15) is 4.79 Å². The molecule has 0 unspecified atom stereocenters. The fourth-order valence-corrected chi connectivity index (χ4v) is 3.59. The van der Waals surface area contributed by atoms with Gasteiger partial charge in [-0.05, 0) is 74.7 Å². The van der Waals surface area contributed by atoms with E-state index in [4.69, 9.17) is 16.6 Å². The van der Waals surface area contributed by atoms with Crippen molar-refractivity contribution in [1.82, 2.24) is 9.97 Å². The van der Waals surface area contributed by atoms with Gasteiger partial charge < -0.3 is 15.5 Å². The molecule has 0 radical (unpaired) electrons. The lowest BCUT2D eigenvalue weighted by molar-refractivity contribution is 0.102. The zero-order valence-corrected chi connectivity index (χ0v) is 17.6. The lowest BCUT2D eigenvalue weighted by atomic mass is 10.1. The number of hydrogen-bond acceptors (Lipinski definition) is 5. The van der Waals surface area contributed by atoms with E-state index in [0.29, 0.717) is 22.2 Å². The highest BCUT2D eigenvalue weighted by Gasteiger charge is 2.14. The third kappa shape index (κ3) is 5.07. The summed E-state index contributed by atoms with van der Waals surface area (Å²) in [5, 5.41) is 6.75. The van der Waals surface area contributed by atoms with Gasteiger partial charge in [-0.3, -0.25) is 4.79 Å². The van der Waals surface area contributed by atoms with Crippen molar-refractivity contribution in [3.8, 4) is 0 Å². The van der Waals surface area contributed by atoms with Crippen LogP contribution in [0.25, 0.3) is 0 Å². The van der Waals surface area contributed by atoms with Gasteiger partial charge in [0.1, 0.15) is 5.82 Å². The second-order valence-corrected chi connectivity index (χ2v) is 7.84. The number of carbonyl (C=O) groups excluding carboxylic acids is 1. The lowest BCUT2D eigenvalue weighted by Gasteiger charge is -2.28. The van der Waals surface area contributed by atoms with E-state index < -0.39 is 0 Å². The standard InChI is InChI=1S/C23H24ClN5O/c1-16-15-21(29-13-3-2-4-14-29)28-23(25-16)27-20-11-9-19(10-12-20)26-22(30)17-5-7-18(24)8-6-17/h5-12,15H,2-4,13-14H2,1H3,(H,26,30)(H,25,27,28). The number of benzene rings is 2. The summed E-state index contributed by atoms with van der Waals surface area (Å²) < 4.78 is 0. The minimum atomic E-state index is -0.180. The van der Waals surface area contributed by atoms with Crippen molar-refractivity contribution in [2.24, 2.45) is 0 Å². The zero-order chi connectivity index (χ0) is 20.9. The maximum Gasteiger partial charge on any atom is 0.255 e. The molecule has 1 aliphatic rings. The van der Waals surface area contributed by atoms with Gasteiger partial charge in [-0.25, -0.2) is 4.98 Å². The predicted molar refractivity (Wildman–Crippen MR) is 122 cm³/mol. The number of piperidine rings is 1. The van der Waals surface area contributed by atoms with Gasteiger partial charge in [0, 0.05) is 46.8 Å². The molecule has 2 heterocycles. The molecule has 4 rings (SSSR count). The number of nitrogens with one attached hydrogen (secondary N) is 2. The van der Waals surface area contributed by atoms with Crippen molar-refractivity contribution in [2.75, 3.05) is 28.6 Å². The second kappa shape index (κ2) is 9.13. The van der Waals surface area contributed by atoms with Crippen LogP contribution < -0.4 is 15.5 Å². The van der Waals surface area contributed by atoms with Gasteiger partial charge in [0.25, 0.3) is 5.91 Å². The highest BCUT2D eigenvalue weighted by atomic mass is 35.5. The first-order valence-electron chi connectivity index (χ1n) is 10.1. The minimum Gasteiger partial charge on any atom is -0.356 e. The van der Waals surface area contributed by atoms with Gasteiger partial charge in [-0.1, -0.05) is 11.6 Å². The van der Waals surface area contributed by atoms with Gasteiger partial charge in [0.2, 0.25) is 5.95 Å². The van der Waals surface area contributed by atoms with Crippen LogP contribution in [-0.2, 0) is 0 Å². The summed E-state index contributed by atoms with van der Waals surface area (Å²) in [7, 11) is 0. The van der Waals surface area contributed by atoms with Crippen molar-refractivity contribution in [3.63, 3.8) is 0 Å². The van der Waals surface area contributed by atoms with Crippen LogP contribution in [0.2, 0.25) is 5.02 Å². The fraction of sp³-hybridized carbons (Fsp3) is 0.261. The smallest absolute Gasteiger partial charge is 0.255 e. The van der Waals surface area contributed by atoms with E-state index >= 15 is 0 Å². The Bertz CT molecular complexity index is 1010. The van der Waals surface area contributed by atoms with Crippen LogP contribution in [0, 0.1) is 6.92 Å². The third-order valence-corrected chi connectivity index (χ3v) is 5.28. The van der Waals surface area contributed by atoms with Crippen molar-refractivity contribution < 1.29 is 4.79 Å². The van der Waals surface area contributed by atoms with Crippen LogP contribution in [0.15, 0.2) is 54.6 Å². The maximum absolute atomic E-state index is 12.3. The quantitative estimate of drug-likeness (QED) is 0.575. The van der Waals surface area contributed by atoms with Gasteiger partial charge in [-0.2, -0.15) is 4.98 Å². The van der Waals surface area contributed by atoms with Crippen molar-refractivity contribution in [1.29, 1.82) is 0 Å². The normalized spacial score (nSPS) is 13.7. The summed E-state index contributed by atoms with van der Waals surface area (Å²) in [6.45, 7) is 4.06. The first-order chi connectivity index (χ1) is 14.6. The molecule has 0 saturated carbocycles. The van der Waals surface area contributed by atoms with Crippen molar-refractivity contribution in [3.05, 3.63) is 70.9 Å². The summed E-state index contributed by atoms with van der Waals surface area (Å²) >= 11 is 5.87. The Labute approximate surface area is 181 Å². The Balaban J connectivity index is 1.42. The number of aryl methyl sites for hydroxylation is 1. The highest BCUT2D eigenvalue weighted by molar-refractivity contribution is 6.30. The summed E-state index contributed by atoms with van der Waals surface area (Å²) in [6, 6.07) is 16.3. The summed E-state index contributed by atoms with van der Waals surface area (Å²) in [4.78, 5) is 23.9. The Morgan fingerprint density at radius 1 is 0.933 bits per heavy atom. The summed E-state index contributed by atoms with van der Waals surface area (Å²) in [6.07, 6.45) is 3.69. The monoisotopic (exact) mass is 421 g/mol. The molecule has 154 valence electrons. The van der Waals surface area contributed by atoms with Gasteiger partial charge in [0.05, 0.1) is 0 Å². The van der Waals surface area contributed by atoms with E-state index in [0.717, 1.165) is 30.3 Å². The molecule has 7 heteroatoms. The third-order valence-electron chi connectivity index (χ3n) is 5.03. The largest absolute Gasteiger partial charge is 0.356 e. The summed E-state index contributed by atoms with van der Waals surface area (Å²) in [5.41, 5.74) is 3.05. The van der Waals surface area contributed by atoms with E-state index in [2.05, 4.69) is 20.5 Å². The number of halogens is 1. The van der Waals surface area contributed by atoms with E-state index in [-0.39, 0.29) is 5.91 Å². The molecule has 1 fully saturated rings. The SMILES string of the molecule is Cc1cc(N2CCCCC2)nc(Nc2ccc(NC(=O)c3ccc(Cl)cc3)cc2)n1. The van der Waals surface area contributed by atoms with Crippen LogP contribution in [-0.4, -0.2) is 29.0 Å². The first-order valence-corrected chi connectivity index (χ1v) is 10.5. The molecule has 2 N–H and O–H groups in total. The van der Waals surface area contributed by atoms with Crippen LogP contribution in [0.4, 0.5) is 23.1 Å². The fourth-order valence-electron chi connectivity index (χ4n) is 3.46. The highest BCUT2D eigenvalue weighted by Crippen LogP contribution is 2.22. The Hall–Kier alpha value is -3.12. The molecule has 0 atom stereocenters. The Morgan fingerprint density at radius 3 is 2.30 bits per heavy atom. The molecular weight excluding hydrogens is 398 g/mol. The molecule has 2 aromatic carbocycles. The number of anilines is 4. The minimum absolute atomic E-state index is 0.180. The van der Waals surface area contributed by atoms with Gasteiger partial charge in [-0.15, -0.1) is 0 Å². The Morgan fingerprint density at radius 2 is 1.60 bits per heavy atom. The molecule has 0 spiro atoms. The average Bonchev–Trinajstić information content (AvgIpc) is 2.76. The van der Waals surface area contributed by atoms with Crippen LogP contribution in [0.3, 0.4) is 0 Å². The van der Waals surface area contributed by atoms with Crippen LogP contribution in [0.5, 0.6) is 0 Å². The molecule has 1 saturated heterocycles. The van der Waals surface area contributed by atoms with Gasteiger partial charge >= 0.3 is 0 Å². The lowest BCUT2D eigenvalue weighted by Crippen LogP contribution is -2.30. The number of aromatic nitrogens is 2. The zero-order valence-electron chi connectivity index (χ0n) is 16.9. The number of hydrogen-bond donors (Lipinski definition) is 2. The molecule has 0 aliphatic carbocycles. The van der Waals surface area contributed by atoms with Crippen LogP contribution in [0.1, 0.15) is 35.3 Å². The number of carbonyl (C=O) groups is 1. The van der Waals surface area contributed by atoms with E-state index in [1.165, 1.54) is 19.3 Å². The number of nitrogens with zero attached hydrogens (tertiary/aromatic N) is 3. The molecule has 1 aliphatic heterocycles. The van der Waals surface area contributed by atoms with Crippen LogP contribution >= 0.6 is 11.6 Å². The molecule has 1 amide bonds. The topological polar surface area (TPSA) is 70.2 Å². The molecule has 6 nitrogen and oxygen atoms in total. The molecule has 1 aromatic heterocycles. The number of rotatable bonds is 5. The van der Waals surface area contributed by atoms with Crippen molar-refractivity contribution >= 4 is 40.6 Å². The van der Waals surface area contributed by atoms with Crippen molar-refractivity contribution in [2.45, 2.75) is 26.2 Å². The molecule has 30 heavy (non-hydrogen) atoms. The Kier molecular flexibility index (Phi) is 6.14. The maximum atomic E-state index is 12.3. The first kappa shape index (κ1) is 20.2. The van der Waals surface area contributed by atoms with E-state index in [1.807, 2.05) is 37.3 Å². The second-order valence-electron chi connectivity index (χ2n) is 7.40. The van der Waals surface area contributed by atoms with E-state index in [1.54, 1.807) is 24.3 Å². The molecular formula is C23H24ClN5O. The number of amides is 1. The predicted octanol–water partition coefficient (Wildman–Crippen LogP) is 5.42. The average molecular weight is 422 g/mol. The van der Waals surface area contributed by atoms with Gasteiger partial charge in [0.15, 0.2) is 0 Å². The summed E-state index contributed by atoms with van der Waals surface area (Å²) in [5.74, 6) is 1.37. The molecule has 3 aromatic rings.